The average molecular weight is 315 g/mol. The minimum Gasteiger partial charge on any atom is -0.497 e. The van der Waals surface area contributed by atoms with Crippen molar-refractivity contribution in [3.05, 3.63) is 29.3 Å². The second kappa shape index (κ2) is 7.16. The van der Waals surface area contributed by atoms with E-state index in [0.717, 1.165) is 0 Å². The zero-order chi connectivity index (χ0) is 13.5. The van der Waals surface area contributed by atoms with Gasteiger partial charge in [-0.15, -0.1) is 0 Å². The van der Waals surface area contributed by atoms with Crippen molar-refractivity contribution in [1.82, 2.24) is 0 Å². The van der Waals surface area contributed by atoms with Crippen molar-refractivity contribution < 1.29 is 19.1 Å². The largest absolute Gasteiger partial charge is 0.497 e. The van der Waals surface area contributed by atoms with E-state index in [1.165, 1.54) is 7.11 Å². The molecule has 0 aliphatic rings. The minimum atomic E-state index is -0.419. The fraction of sp³-hybridized carbons (Fsp3) is 0.385. The minimum absolute atomic E-state index is 0.00574. The summed E-state index contributed by atoms with van der Waals surface area (Å²) in [7, 11) is 1.54. The van der Waals surface area contributed by atoms with Crippen LogP contribution in [0.5, 0.6) is 5.75 Å². The number of benzene rings is 1. The smallest absolute Gasteiger partial charge is 0.338 e. The molecular formula is C13H15BrO4. The number of ketones is 1. The highest BCUT2D eigenvalue weighted by Gasteiger charge is 2.15. The number of Topliss-reactive ketones (excluding diaryl/α,β-unsaturated/α-hetero) is 1. The fourth-order valence-corrected chi connectivity index (χ4v) is 1.71. The molecule has 4 nitrogen and oxygen atoms in total. The summed E-state index contributed by atoms with van der Waals surface area (Å²) < 4.78 is 10.0. The molecule has 0 saturated heterocycles. The van der Waals surface area contributed by atoms with Crippen molar-refractivity contribution in [3.63, 3.8) is 0 Å². The van der Waals surface area contributed by atoms with Crippen molar-refractivity contribution in [2.24, 2.45) is 0 Å². The third-order valence-electron chi connectivity index (χ3n) is 2.34. The summed E-state index contributed by atoms with van der Waals surface area (Å²) in [4.78, 5) is 23.2. The lowest BCUT2D eigenvalue weighted by Gasteiger charge is -2.09. The summed E-state index contributed by atoms with van der Waals surface area (Å²) in [5.74, 6) is 0.187. The van der Waals surface area contributed by atoms with E-state index >= 15 is 0 Å². The molecule has 1 aromatic rings. The molecule has 98 valence electrons. The summed E-state index contributed by atoms with van der Waals surface area (Å²) >= 11 is 3.10. The van der Waals surface area contributed by atoms with Gasteiger partial charge < -0.3 is 9.47 Å². The van der Waals surface area contributed by atoms with Crippen molar-refractivity contribution in [2.75, 3.05) is 19.0 Å². The average Bonchev–Trinajstić information content (AvgIpc) is 2.38. The van der Waals surface area contributed by atoms with Crippen LogP contribution in [0.3, 0.4) is 0 Å². The SMILES string of the molecule is CCOC(=O)c1ccc(OC)cc1CC(=O)CBr. The van der Waals surface area contributed by atoms with Gasteiger partial charge in [-0.05, 0) is 30.7 Å². The van der Waals surface area contributed by atoms with Gasteiger partial charge in [0.05, 0.1) is 24.6 Å². The van der Waals surface area contributed by atoms with E-state index in [0.29, 0.717) is 23.5 Å². The van der Waals surface area contributed by atoms with Gasteiger partial charge >= 0.3 is 5.97 Å². The summed E-state index contributed by atoms with van der Waals surface area (Å²) in [5.41, 5.74) is 1.03. The van der Waals surface area contributed by atoms with Crippen molar-refractivity contribution in [1.29, 1.82) is 0 Å². The number of methoxy groups -OCH3 is 1. The molecule has 1 rings (SSSR count). The molecule has 0 aliphatic heterocycles. The Hall–Kier alpha value is -1.36. The molecule has 0 unspecified atom stereocenters. The molecule has 0 N–H and O–H groups in total. The summed E-state index contributed by atoms with van der Waals surface area (Å²) in [6.45, 7) is 2.04. The standard InChI is InChI=1S/C13H15BrO4/c1-3-18-13(16)12-5-4-11(17-2)7-9(12)6-10(15)8-14/h4-5,7H,3,6,8H2,1-2H3. The maximum absolute atomic E-state index is 11.7. The van der Waals surface area contributed by atoms with Crippen LogP contribution >= 0.6 is 15.9 Å². The molecule has 0 aromatic heterocycles. The third kappa shape index (κ3) is 3.84. The molecular weight excluding hydrogens is 300 g/mol. The van der Waals surface area contributed by atoms with Crippen LogP contribution < -0.4 is 4.74 Å². The van der Waals surface area contributed by atoms with Gasteiger partial charge in [-0.1, -0.05) is 15.9 Å². The van der Waals surface area contributed by atoms with Crippen LogP contribution in [0.25, 0.3) is 0 Å². The van der Waals surface area contributed by atoms with Crippen molar-refractivity contribution in [3.8, 4) is 5.75 Å². The second-order valence-electron chi connectivity index (χ2n) is 3.59. The molecule has 0 saturated carbocycles. The van der Waals surface area contributed by atoms with Gasteiger partial charge in [-0.3, -0.25) is 4.79 Å². The Morgan fingerprint density at radius 2 is 2.06 bits per heavy atom. The number of carbonyl (C=O) groups is 2. The highest BCUT2D eigenvalue weighted by atomic mass is 79.9. The first kappa shape index (κ1) is 14.7. The molecule has 0 heterocycles. The van der Waals surface area contributed by atoms with Crippen LogP contribution in [0.1, 0.15) is 22.8 Å². The van der Waals surface area contributed by atoms with Gasteiger partial charge in [-0.2, -0.15) is 0 Å². The molecule has 0 amide bonds. The van der Waals surface area contributed by atoms with E-state index in [9.17, 15) is 9.59 Å². The highest BCUT2D eigenvalue weighted by molar-refractivity contribution is 9.09. The first-order valence-corrected chi connectivity index (χ1v) is 6.66. The van der Waals surface area contributed by atoms with E-state index in [-0.39, 0.29) is 17.5 Å². The molecule has 5 heteroatoms. The van der Waals surface area contributed by atoms with Crippen LogP contribution in [0, 0.1) is 0 Å². The molecule has 0 atom stereocenters. The second-order valence-corrected chi connectivity index (χ2v) is 4.15. The number of hydrogen-bond acceptors (Lipinski definition) is 4. The van der Waals surface area contributed by atoms with Gasteiger partial charge in [0.1, 0.15) is 11.5 Å². The topological polar surface area (TPSA) is 52.6 Å². The molecule has 0 aliphatic carbocycles. The normalized spacial score (nSPS) is 9.94. The molecule has 0 spiro atoms. The van der Waals surface area contributed by atoms with Crippen molar-refractivity contribution >= 4 is 27.7 Å². The maximum atomic E-state index is 11.7. The molecule has 18 heavy (non-hydrogen) atoms. The van der Waals surface area contributed by atoms with E-state index in [1.54, 1.807) is 25.1 Å². The quantitative estimate of drug-likeness (QED) is 0.597. The molecule has 0 bridgehead atoms. The van der Waals surface area contributed by atoms with E-state index < -0.39 is 5.97 Å². The lowest BCUT2D eigenvalue weighted by molar-refractivity contribution is -0.115. The Labute approximate surface area is 114 Å². The Morgan fingerprint density at radius 1 is 1.33 bits per heavy atom. The highest BCUT2D eigenvalue weighted by Crippen LogP contribution is 2.19. The van der Waals surface area contributed by atoms with Crippen LogP contribution in [0.15, 0.2) is 18.2 Å². The Balaban J connectivity index is 3.07. The van der Waals surface area contributed by atoms with Crippen LogP contribution in [-0.2, 0) is 16.0 Å². The number of hydrogen-bond donors (Lipinski definition) is 0. The fourth-order valence-electron chi connectivity index (χ4n) is 1.51. The first-order chi connectivity index (χ1) is 8.62. The Bertz CT molecular complexity index is 443. The number of carbonyl (C=O) groups excluding carboxylic acids is 2. The molecule has 0 radical (unpaired) electrons. The summed E-state index contributed by atoms with van der Waals surface area (Å²) in [6.07, 6.45) is 0.177. The molecule has 0 fully saturated rings. The number of esters is 1. The van der Waals surface area contributed by atoms with E-state index in [2.05, 4.69) is 15.9 Å². The van der Waals surface area contributed by atoms with E-state index in [1.807, 2.05) is 0 Å². The maximum Gasteiger partial charge on any atom is 0.338 e. The van der Waals surface area contributed by atoms with E-state index in [4.69, 9.17) is 9.47 Å². The van der Waals surface area contributed by atoms with Gasteiger partial charge in [0.15, 0.2) is 0 Å². The number of rotatable bonds is 6. The number of halogens is 1. The lowest BCUT2D eigenvalue weighted by atomic mass is 10.0. The lowest BCUT2D eigenvalue weighted by Crippen LogP contribution is -2.12. The molecule has 1 aromatic carbocycles. The summed E-state index contributed by atoms with van der Waals surface area (Å²) in [6, 6.07) is 4.98. The first-order valence-electron chi connectivity index (χ1n) is 5.54. The Morgan fingerprint density at radius 3 is 2.61 bits per heavy atom. The van der Waals surface area contributed by atoms with Gasteiger partial charge in [0.25, 0.3) is 0 Å². The van der Waals surface area contributed by atoms with Crippen LogP contribution in [0.4, 0.5) is 0 Å². The van der Waals surface area contributed by atoms with Gasteiger partial charge in [0.2, 0.25) is 0 Å². The zero-order valence-electron chi connectivity index (χ0n) is 10.4. The van der Waals surface area contributed by atoms with Crippen molar-refractivity contribution in [2.45, 2.75) is 13.3 Å². The monoisotopic (exact) mass is 314 g/mol. The predicted octanol–water partition coefficient (Wildman–Crippen LogP) is 2.38. The zero-order valence-corrected chi connectivity index (χ0v) is 12.0. The van der Waals surface area contributed by atoms with Gasteiger partial charge in [0, 0.05) is 6.42 Å². The van der Waals surface area contributed by atoms with Gasteiger partial charge in [-0.25, -0.2) is 4.79 Å². The third-order valence-corrected chi connectivity index (χ3v) is 2.97. The summed E-state index contributed by atoms with van der Waals surface area (Å²) in [5, 5.41) is 0.256. The van der Waals surface area contributed by atoms with Crippen LogP contribution in [-0.4, -0.2) is 30.8 Å². The number of ether oxygens (including phenoxy) is 2. The number of alkyl halides is 1. The van der Waals surface area contributed by atoms with Crippen LogP contribution in [0.2, 0.25) is 0 Å². The Kier molecular flexibility index (Phi) is 5.85. The predicted molar refractivity (Wildman–Crippen MR) is 71.5 cm³/mol.